The van der Waals surface area contributed by atoms with Crippen LogP contribution in [-0.2, 0) is 18.4 Å². The molecule has 1 atom stereocenters. The third kappa shape index (κ3) is 4.84. The van der Waals surface area contributed by atoms with Crippen molar-refractivity contribution in [3.05, 3.63) is 71.2 Å². The molecule has 0 bridgehead atoms. The minimum atomic E-state index is -1.06. The van der Waals surface area contributed by atoms with E-state index in [0.717, 1.165) is 34.6 Å². The minimum absolute atomic E-state index is 0.174. The highest BCUT2D eigenvalue weighted by Gasteiger charge is 2.27. The summed E-state index contributed by atoms with van der Waals surface area (Å²) in [5, 5.41) is 11.1. The molecule has 0 aliphatic heterocycles. The molecule has 0 radical (unpaired) electrons. The number of pyridine rings is 1. The number of aromatic amines is 1. The first-order valence-electron chi connectivity index (χ1n) is 9.52. The van der Waals surface area contributed by atoms with Gasteiger partial charge < -0.3 is 10.1 Å². The van der Waals surface area contributed by atoms with Gasteiger partial charge in [0, 0.05) is 23.9 Å². The summed E-state index contributed by atoms with van der Waals surface area (Å²) < 4.78 is 13.1. The first kappa shape index (κ1) is 20.2. The Kier molecular flexibility index (Phi) is 5.39. The van der Waals surface area contributed by atoms with Gasteiger partial charge in [-0.25, -0.2) is 9.37 Å². The molecule has 1 aromatic carbocycles. The standard InChI is InChI=1S/C23H28FN3O/c1-15-10-16(20-9-7-17(24)13-25-20)6-8-19(15)23(5,28)12-21-26-14-18(27-21)11-22(2,3)4/h6-10,13-14,28H,11-12H2,1-5H3,(H,26,27). The third-order valence-electron chi connectivity index (χ3n) is 4.74. The van der Waals surface area contributed by atoms with Crippen LogP contribution in [0, 0.1) is 18.2 Å². The van der Waals surface area contributed by atoms with Gasteiger partial charge in [-0.3, -0.25) is 4.98 Å². The molecule has 0 amide bonds. The van der Waals surface area contributed by atoms with Gasteiger partial charge in [0.05, 0.1) is 17.5 Å². The smallest absolute Gasteiger partial charge is 0.141 e. The van der Waals surface area contributed by atoms with Crippen molar-refractivity contribution in [1.29, 1.82) is 0 Å². The second-order valence-electron chi connectivity index (χ2n) is 8.93. The Bertz CT molecular complexity index is 953. The van der Waals surface area contributed by atoms with Gasteiger partial charge in [0.1, 0.15) is 11.6 Å². The molecule has 3 rings (SSSR count). The number of aromatic nitrogens is 3. The fraction of sp³-hybridized carbons (Fsp3) is 0.391. The molecule has 28 heavy (non-hydrogen) atoms. The van der Waals surface area contributed by atoms with E-state index in [4.69, 9.17) is 0 Å². The lowest BCUT2D eigenvalue weighted by Gasteiger charge is -2.25. The molecule has 148 valence electrons. The fourth-order valence-corrected chi connectivity index (χ4v) is 3.55. The monoisotopic (exact) mass is 381 g/mol. The fourth-order valence-electron chi connectivity index (χ4n) is 3.55. The van der Waals surface area contributed by atoms with Gasteiger partial charge in [-0.2, -0.15) is 0 Å². The van der Waals surface area contributed by atoms with E-state index in [9.17, 15) is 9.50 Å². The summed E-state index contributed by atoms with van der Waals surface area (Å²) in [6.45, 7) is 10.3. The maximum absolute atomic E-state index is 13.1. The van der Waals surface area contributed by atoms with Crippen LogP contribution >= 0.6 is 0 Å². The number of aryl methyl sites for hydroxylation is 1. The summed E-state index contributed by atoms with van der Waals surface area (Å²) >= 11 is 0. The van der Waals surface area contributed by atoms with E-state index in [1.54, 1.807) is 13.0 Å². The number of benzene rings is 1. The molecule has 2 N–H and O–H groups in total. The lowest BCUT2D eigenvalue weighted by Crippen LogP contribution is -2.26. The molecule has 0 aliphatic carbocycles. The Morgan fingerprint density at radius 2 is 1.75 bits per heavy atom. The van der Waals surface area contributed by atoms with Gasteiger partial charge in [-0.15, -0.1) is 0 Å². The maximum atomic E-state index is 13.1. The van der Waals surface area contributed by atoms with Crippen molar-refractivity contribution in [1.82, 2.24) is 15.0 Å². The van der Waals surface area contributed by atoms with E-state index in [-0.39, 0.29) is 11.2 Å². The van der Waals surface area contributed by atoms with Gasteiger partial charge in [-0.1, -0.05) is 32.9 Å². The Labute approximate surface area is 165 Å². The number of halogens is 1. The second-order valence-corrected chi connectivity index (χ2v) is 8.93. The predicted octanol–water partition coefficient (Wildman–Crippen LogP) is 4.96. The van der Waals surface area contributed by atoms with Crippen molar-refractivity contribution in [3.8, 4) is 11.3 Å². The third-order valence-corrected chi connectivity index (χ3v) is 4.74. The van der Waals surface area contributed by atoms with E-state index < -0.39 is 5.60 Å². The second kappa shape index (κ2) is 7.47. The van der Waals surface area contributed by atoms with Crippen molar-refractivity contribution in [2.24, 2.45) is 5.41 Å². The normalized spacial score (nSPS) is 14.1. The number of hydrogen-bond acceptors (Lipinski definition) is 3. The van der Waals surface area contributed by atoms with Crippen molar-refractivity contribution in [3.63, 3.8) is 0 Å². The van der Waals surface area contributed by atoms with Gasteiger partial charge in [-0.05, 0) is 55.0 Å². The highest BCUT2D eigenvalue weighted by atomic mass is 19.1. The lowest BCUT2D eigenvalue weighted by molar-refractivity contribution is 0.0550. The van der Waals surface area contributed by atoms with Crippen LogP contribution in [0.3, 0.4) is 0 Å². The Hall–Kier alpha value is -2.53. The minimum Gasteiger partial charge on any atom is -0.385 e. The van der Waals surface area contributed by atoms with Gasteiger partial charge in [0.25, 0.3) is 0 Å². The number of nitrogens with zero attached hydrogens (tertiary/aromatic N) is 2. The molecule has 3 aromatic rings. The largest absolute Gasteiger partial charge is 0.385 e. The molecular weight excluding hydrogens is 353 g/mol. The predicted molar refractivity (Wildman–Crippen MR) is 109 cm³/mol. The van der Waals surface area contributed by atoms with Crippen LogP contribution in [0.4, 0.5) is 4.39 Å². The molecule has 5 heteroatoms. The molecule has 2 aromatic heterocycles. The van der Waals surface area contributed by atoms with Gasteiger partial charge in [0.15, 0.2) is 0 Å². The van der Waals surface area contributed by atoms with Gasteiger partial charge in [0.2, 0.25) is 0 Å². The van der Waals surface area contributed by atoms with E-state index in [1.807, 2.05) is 31.3 Å². The topological polar surface area (TPSA) is 61.8 Å². The zero-order valence-corrected chi connectivity index (χ0v) is 17.2. The zero-order valence-electron chi connectivity index (χ0n) is 17.2. The van der Waals surface area contributed by atoms with Crippen LogP contribution in [0.15, 0.2) is 42.7 Å². The highest BCUT2D eigenvalue weighted by molar-refractivity contribution is 5.61. The highest BCUT2D eigenvalue weighted by Crippen LogP contribution is 2.30. The van der Waals surface area contributed by atoms with E-state index in [1.165, 1.54) is 12.3 Å². The Balaban J connectivity index is 1.80. The number of aliphatic hydroxyl groups is 1. The van der Waals surface area contributed by atoms with E-state index in [0.29, 0.717) is 12.1 Å². The summed E-state index contributed by atoms with van der Waals surface area (Å²) in [5.41, 5.74) is 3.58. The Morgan fingerprint density at radius 3 is 2.36 bits per heavy atom. The molecule has 0 saturated heterocycles. The van der Waals surface area contributed by atoms with Crippen molar-refractivity contribution in [2.45, 2.75) is 53.1 Å². The van der Waals surface area contributed by atoms with Crippen LogP contribution < -0.4 is 0 Å². The summed E-state index contributed by atoms with van der Waals surface area (Å²) in [6.07, 6.45) is 4.36. The molecule has 2 heterocycles. The quantitative estimate of drug-likeness (QED) is 0.657. The van der Waals surface area contributed by atoms with Crippen LogP contribution in [0.2, 0.25) is 0 Å². The molecule has 0 spiro atoms. The summed E-state index contributed by atoms with van der Waals surface area (Å²) in [5.74, 6) is 0.414. The maximum Gasteiger partial charge on any atom is 0.141 e. The molecule has 0 aliphatic rings. The van der Waals surface area contributed by atoms with Crippen molar-refractivity contribution >= 4 is 0 Å². The van der Waals surface area contributed by atoms with Gasteiger partial charge >= 0.3 is 0 Å². The molecule has 0 fully saturated rings. The first-order valence-corrected chi connectivity index (χ1v) is 9.52. The average Bonchev–Trinajstić information content (AvgIpc) is 2.99. The number of rotatable bonds is 5. The number of H-pyrrole nitrogens is 1. The Morgan fingerprint density at radius 1 is 1.00 bits per heavy atom. The number of hydrogen-bond donors (Lipinski definition) is 2. The molecule has 4 nitrogen and oxygen atoms in total. The number of nitrogens with one attached hydrogen (secondary N) is 1. The lowest BCUT2D eigenvalue weighted by atomic mass is 9.87. The summed E-state index contributed by atoms with van der Waals surface area (Å²) in [4.78, 5) is 11.9. The van der Waals surface area contributed by atoms with Crippen molar-refractivity contribution in [2.75, 3.05) is 0 Å². The van der Waals surface area contributed by atoms with Crippen LogP contribution in [0.5, 0.6) is 0 Å². The van der Waals surface area contributed by atoms with Crippen molar-refractivity contribution < 1.29 is 9.50 Å². The average molecular weight is 381 g/mol. The zero-order chi connectivity index (χ0) is 20.5. The summed E-state index contributed by atoms with van der Waals surface area (Å²) in [7, 11) is 0. The van der Waals surface area contributed by atoms with Crippen LogP contribution in [-0.4, -0.2) is 20.1 Å². The SMILES string of the molecule is Cc1cc(-c2ccc(F)cn2)ccc1C(C)(O)Cc1ncc(CC(C)(C)C)[nH]1. The van der Waals surface area contributed by atoms with Crippen LogP contribution in [0.25, 0.3) is 11.3 Å². The number of imidazole rings is 1. The van der Waals surface area contributed by atoms with E-state index in [2.05, 4.69) is 35.7 Å². The molecule has 0 saturated carbocycles. The molecular formula is C23H28FN3O. The van der Waals surface area contributed by atoms with E-state index >= 15 is 0 Å². The molecule has 1 unspecified atom stereocenters. The first-order chi connectivity index (χ1) is 13.0. The summed E-state index contributed by atoms with van der Waals surface area (Å²) in [6, 6.07) is 8.84. The van der Waals surface area contributed by atoms with Crippen LogP contribution in [0.1, 0.15) is 50.3 Å².